The number of nitrogens with one attached hydrogen (secondary N) is 3. The lowest BCUT2D eigenvalue weighted by Crippen LogP contribution is -2.37. The average molecular weight is 357 g/mol. The molecule has 0 bridgehead atoms. The second-order valence-electron chi connectivity index (χ2n) is 5.91. The van der Waals surface area contributed by atoms with Crippen LogP contribution in [0.15, 0.2) is 36.8 Å². The van der Waals surface area contributed by atoms with E-state index in [2.05, 4.69) is 25.9 Å². The van der Waals surface area contributed by atoms with Crippen molar-refractivity contribution in [1.29, 1.82) is 0 Å². The third-order valence-corrected chi connectivity index (χ3v) is 3.55. The van der Waals surface area contributed by atoms with E-state index in [9.17, 15) is 9.59 Å². The molecule has 0 fully saturated rings. The molecular formula is C18H23N5O3. The predicted octanol–water partition coefficient (Wildman–Crippen LogP) is 2.12. The Kier molecular flexibility index (Phi) is 7.04. The SMILES string of the molecule is COCC(=O)Nc1ccc(C)c(NC(=O)N[C@@H](C)Cc2cnccn2)c1. The van der Waals surface area contributed by atoms with E-state index >= 15 is 0 Å². The number of carbonyl (C=O) groups is 2. The summed E-state index contributed by atoms with van der Waals surface area (Å²) in [4.78, 5) is 32.0. The number of urea groups is 1. The molecule has 8 nitrogen and oxygen atoms in total. The lowest BCUT2D eigenvalue weighted by molar-refractivity contribution is -0.119. The molecule has 0 aliphatic rings. The van der Waals surface area contributed by atoms with E-state index in [4.69, 9.17) is 4.74 Å². The Morgan fingerprint density at radius 1 is 1.23 bits per heavy atom. The van der Waals surface area contributed by atoms with Crippen LogP contribution in [-0.2, 0) is 16.0 Å². The first-order chi connectivity index (χ1) is 12.5. The van der Waals surface area contributed by atoms with Gasteiger partial charge < -0.3 is 20.7 Å². The third kappa shape index (κ3) is 6.14. The summed E-state index contributed by atoms with van der Waals surface area (Å²) in [5.74, 6) is -0.260. The van der Waals surface area contributed by atoms with Gasteiger partial charge in [-0.3, -0.25) is 14.8 Å². The smallest absolute Gasteiger partial charge is 0.319 e. The van der Waals surface area contributed by atoms with Crippen LogP contribution in [0.4, 0.5) is 16.2 Å². The van der Waals surface area contributed by atoms with Gasteiger partial charge in [0.1, 0.15) is 6.61 Å². The largest absolute Gasteiger partial charge is 0.375 e. The van der Waals surface area contributed by atoms with E-state index in [0.717, 1.165) is 11.3 Å². The molecule has 2 aromatic rings. The molecule has 0 saturated carbocycles. The zero-order chi connectivity index (χ0) is 18.9. The van der Waals surface area contributed by atoms with Crippen LogP contribution in [0.1, 0.15) is 18.2 Å². The highest BCUT2D eigenvalue weighted by Gasteiger charge is 2.11. The summed E-state index contributed by atoms with van der Waals surface area (Å²) in [6, 6.07) is 4.85. The maximum atomic E-state index is 12.2. The second kappa shape index (κ2) is 9.47. The normalized spacial score (nSPS) is 11.5. The van der Waals surface area contributed by atoms with Crippen molar-refractivity contribution in [3.63, 3.8) is 0 Å². The topological polar surface area (TPSA) is 105 Å². The molecule has 138 valence electrons. The number of aryl methyl sites for hydroxylation is 1. The van der Waals surface area contributed by atoms with Gasteiger partial charge in [0.25, 0.3) is 0 Å². The summed E-state index contributed by atoms with van der Waals surface area (Å²) in [5.41, 5.74) is 2.88. The molecule has 1 atom stereocenters. The molecule has 0 aliphatic carbocycles. The quantitative estimate of drug-likeness (QED) is 0.704. The Morgan fingerprint density at radius 3 is 2.73 bits per heavy atom. The molecule has 2 rings (SSSR count). The monoisotopic (exact) mass is 357 g/mol. The molecule has 1 aromatic carbocycles. The van der Waals surface area contributed by atoms with Crippen molar-refractivity contribution >= 4 is 23.3 Å². The number of methoxy groups -OCH3 is 1. The molecule has 0 saturated heterocycles. The fraction of sp³-hybridized carbons (Fsp3) is 0.333. The van der Waals surface area contributed by atoms with Crippen LogP contribution in [0, 0.1) is 6.92 Å². The number of anilines is 2. The molecule has 8 heteroatoms. The first-order valence-electron chi connectivity index (χ1n) is 8.19. The van der Waals surface area contributed by atoms with Gasteiger partial charge in [-0.1, -0.05) is 6.07 Å². The Morgan fingerprint density at radius 2 is 2.04 bits per heavy atom. The maximum absolute atomic E-state index is 12.2. The van der Waals surface area contributed by atoms with E-state index < -0.39 is 0 Å². The first-order valence-corrected chi connectivity index (χ1v) is 8.19. The first kappa shape index (κ1) is 19.3. The van der Waals surface area contributed by atoms with Crippen LogP contribution < -0.4 is 16.0 Å². The van der Waals surface area contributed by atoms with E-state index in [1.165, 1.54) is 7.11 Å². The summed E-state index contributed by atoms with van der Waals surface area (Å²) >= 11 is 0. The van der Waals surface area contributed by atoms with Crippen LogP contribution in [0.3, 0.4) is 0 Å². The lowest BCUT2D eigenvalue weighted by Gasteiger charge is -2.16. The van der Waals surface area contributed by atoms with Crippen molar-refractivity contribution in [2.24, 2.45) is 0 Å². The van der Waals surface area contributed by atoms with E-state index in [0.29, 0.717) is 17.8 Å². The zero-order valence-electron chi connectivity index (χ0n) is 15.1. The number of amides is 3. The molecule has 0 unspecified atom stereocenters. The Balaban J connectivity index is 1.94. The zero-order valence-corrected chi connectivity index (χ0v) is 15.1. The van der Waals surface area contributed by atoms with E-state index in [1.807, 2.05) is 19.9 Å². The third-order valence-electron chi connectivity index (χ3n) is 3.55. The Hall–Kier alpha value is -3.00. The van der Waals surface area contributed by atoms with Gasteiger partial charge in [0.2, 0.25) is 5.91 Å². The highest BCUT2D eigenvalue weighted by atomic mass is 16.5. The maximum Gasteiger partial charge on any atom is 0.319 e. The molecule has 1 aromatic heterocycles. The summed E-state index contributed by atoms with van der Waals surface area (Å²) in [6.45, 7) is 3.74. The fourth-order valence-electron chi connectivity index (χ4n) is 2.34. The Bertz CT molecular complexity index is 752. The highest BCUT2D eigenvalue weighted by Crippen LogP contribution is 2.20. The van der Waals surface area contributed by atoms with Gasteiger partial charge in [0.05, 0.1) is 5.69 Å². The number of hydrogen-bond acceptors (Lipinski definition) is 5. The fourth-order valence-corrected chi connectivity index (χ4v) is 2.34. The summed E-state index contributed by atoms with van der Waals surface area (Å²) < 4.78 is 4.79. The van der Waals surface area contributed by atoms with Crippen LogP contribution in [-0.4, -0.2) is 41.7 Å². The van der Waals surface area contributed by atoms with Gasteiger partial charge in [-0.2, -0.15) is 0 Å². The molecule has 0 aliphatic heterocycles. The van der Waals surface area contributed by atoms with Crippen molar-refractivity contribution in [1.82, 2.24) is 15.3 Å². The van der Waals surface area contributed by atoms with Gasteiger partial charge in [-0.05, 0) is 31.5 Å². The van der Waals surface area contributed by atoms with Crippen molar-refractivity contribution < 1.29 is 14.3 Å². The number of aromatic nitrogens is 2. The molecular weight excluding hydrogens is 334 g/mol. The summed E-state index contributed by atoms with van der Waals surface area (Å²) in [7, 11) is 1.45. The minimum atomic E-state index is -0.329. The van der Waals surface area contributed by atoms with E-state index in [-0.39, 0.29) is 24.6 Å². The molecule has 1 heterocycles. The minimum Gasteiger partial charge on any atom is -0.375 e. The van der Waals surface area contributed by atoms with Crippen molar-refractivity contribution in [3.8, 4) is 0 Å². The highest BCUT2D eigenvalue weighted by molar-refractivity contribution is 5.94. The van der Waals surface area contributed by atoms with Crippen molar-refractivity contribution in [2.75, 3.05) is 24.4 Å². The molecule has 3 N–H and O–H groups in total. The average Bonchev–Trinajstić information content (AvgIpc) is 2.58. The summed E-state index contributed by atoms with van der Waals surface area (Å²) in [6.07, 6.45) is 5.48. The molecule has 3 amide bonds. The van der Waals surface area contributed by atoms with Gasteiger partial charge in [0, 0.05) is 49.5 Å². The Labute approximate surface area is 152 Å². The predicted molar refractivity (Wildman–Crippen MR) is 99.0 cm³/mol. The van der Waals surface area contributed by atoms with Gasteiger partial charge in [-0.15, -0.1) is 0 Å². The molecule has 26 heavy (non-hydrogen) atoms. The number of nitrogens with zero attached hydrogens (tertiary/aromatic N) is 2. The lowest BCUT2D eigenvalue weighted by atomic mass is 10.1. The number of rotatable bonds is 7. The van der Waals surface area contributed by atoms with Crippen LogP contribution in [0.5, 0.6) is 0 Å². The van der Waals surface area contributed by atoms with Gasteiger partial charge >= 0.3 is 6.03 Å². The van der Waals surface area contributed by atoms with Crippen LogP contribution in [0.2, 0.25) is 0 Å². The van der Waals surface area contributed by atoms with Gasteiger partial charge in [-0.25, -0.2) is 4.79 Å². The van der Waals surface area contributed by atoms with Crippen LogP contribution >= 0.6 is 0 Å². The van der Waals surface area contributed by atoms with E-state index in [1.54, 1.807) is 30.7 Å². The standard InChI is InChI=1S/C18H23N5O3/c1-12-4-5-14(22-17(24)11-26-3)9-16(12)23-18(25)21-13(2)8-15-10-19-6-7-20-15/h4-7,9-10,13H,8,11H2,1-3H3,(H,22,24)(H2,21,23,25)/t13-/m0/s1. The number of hydrogen-bond donors (Lipinski definition) is 3. The summed E-state index contributed by atoms with van der Waals surface area (Å²) in [5, 5.41) is 8.37. The minimum absolute atomic E-state index is 0.0307. The number of benzene rings is 1. The number of ether oxygens (including phenoxy) is 1. The van der Waals surface area contributed by atoms with Crippen molar-refractivity contribution in [2.45, 2.75) is 26.3 Å². The van der Waals surface area contributed by atoms with Gasteiger partial charge in [0.15, 0.2) is 0 Å². The molecule has 0 radical (unpaired) electrons. The number of carbonyl (C=O) groups excluding carboxylic acids is 2. The second-order valence-corrected chi connectivity index (χ2v) is 5.91. The molecule has 0 spiro atoms. The van der Waals surface area contributed by atoms with Crippen LogP contribution in [0.25, 0.3) is 0 Å². The van der Waals surface area contributed by atoms with Crippen molar-refractivity contribution in [3.05, 3.63) is 48.0 Å².